The third kappa shape index (κ3) is 2.26. The minimum Gasteiger partial charge on any atom is -0.478 e. The molecule has 11 nitrogen and oxygen atoms in total. The van der Waals surface area contributed by atoms with Crippen LogP contribution < -0.4 is 0 Å². The molecule has 0 saturated carbocycles. The smallest absolute Gasteiger partial charge is 0.335 e. The Morgan fingerprint density at radius 1 is 0.769 bits per heavy atom. The van der Waals surface area contributed by atoms with Crippen molar-refractivity contribution >= 4 is 29.1 Å². The van der Waals surface area contributed by atoms with Crippen molar-refractivity contribution < 1.29 is 34.4 Å². The summed E-state index contributed by atoms with van der Waals surface area (Å²) in [6, 6.07) is 3.13. The van der Waals surface area contributed by atoms with E-state index in [0.717, 1.165) is 12.1 Å². The second-order valence-corrected chi connectivity index (χ2v) is 5.29. The molecule has 0 atom stereocenters. The third-order valence-electron chi connectivity index (χ3n) is 3.86. The van der Waals surface area contributed by atoms with Crippen molar-refractivity contribution in [3.05, 3.63) is 66.7 Å². The van der Waals surface area contributed by atoms with E-state index in [0.29, 0.717) is 12.1 Å². The van der Waals surface area contributed by atoms with Crippen molar-refractivity contribution in [1.82, 2.24) is 0 Å². The van der Waals surface area contributed by atoms with Gasteiger partial charge in [0.2, 0.25) is 0 Å². The normalized spacial score (nSPS) is 11.6. The van der Waals surface area contributed by atoms with Gasteiger partial charge in [0, 0.05) is 23.3 Å². The number of ketones is 1. The standard InChI is InChI=1S/C15H6N2O9/c18-13-7-1-5(14(19)20)3-9(16(23)24)11(7)12-8(13)2-6(15(21)22)4-10(12)17(25)26/h1-4H,(H,19,20)(H,21,22). The zero-order valence-electron chi connectivity index (χ0n) is 12.5. The number of carboxylic acids is 2. The number of carbonyl (C=O) groups is 3. The largest absolute Gasteiger partial charge is 0.478 e. The molecule has 2 aromatic rings. The molecule has 130 valence electrons. The molecule has 0 aromatic heterocycles. The van der Waals surface area contributed by atoms with Gasteiger partial charge in [-0.2, -0.15) is 0 Å². The summed E-state index contributed by atoms with van der Waals surface area (Å²) in [5, 5.41) is 40.8. The Morgan fingerprint density at radius 2 is 1.12 bits per heavy atom. The molecule has 0 amide bonds. The molecule has 3 rings (SSSR count). The van der Waals surface area contributed by atoms with Gasteiger partial charge >= 0.3 is 11.9 Å². The van der Waals surface area contributed by atoms with Crippen LogP contribution in [0.5, 0.6) is 0 Å². The van der Waals surface area contributed by atoms with E-state index in [9.17, 15) is 34.6 Å². The Bertz CT molecular complexity index is 988. The lowest BCUT2D eigenvalue weighted by Gasteiger charge is -2.05. The first kappa shape index (κ1) is 16.7. The molecule has 1 aliphatic carbocycles. The van der Waals surface area contributed by atoms with Crippen LogP contribution >= 0.6 is 0 Å². The number of nitro benzene ring substituents is 2. The Kier molecular flexibility index (Phi) is 3.50. The number of hydrogen-bond donors (Lipinski definition) is 2. The molecule has 0 bridgehead atoms. The summed E-state index contributed by atoms with van der Waals surface area (Å²) in [5.74, 6) is -3.98. The van der Waals surface area contributed by atoms with Crippen LogP contribution in [-0.2, 0) is 0 Å². The number of carbonyl (C=O) groups excluding carboxylic acids is 1. The van der Waals surface area contributed by atoms with Gasteiger partial charge in [0.25, 0.3) is 11.4 Å². The van der Waals surface area contributed by atoms with Gasteiger partial charge in [0.15, 0.2) is 5.78 Å². The lowest BCUT2D eigenvalue weighted by molar-refractivity contribution is -0.386. The fourth-order valence-electron chi connectivity index (χ4n) is 2.82. The molecule has 0 heterocycles. The predicted octanol–water partition coefficient (Wildman–Crippen LogP) is 2.11. The van der Waals surface area contributed by atoms with Gasteiger partial charge in [-0.05, 0) is 12.1 Å². The topological polar surface area (TPSA) is 178 Å². The first-order chi connectivity index (χ1) is 12.1. The molecule has 11 heteroatoms. The summed E-state index contributed by atoms with van der Waals surface area (Å²) in [4.78, 5) is 55.6. The van der Waals surface area contributed by atoms with Gasteiger partial charge in [-0.15, -0.1) is 0 Å². The summed E-state index contributed by atoms with van der Waals surface area (Å²) in [5.41, 5.74) is -4.28. The Labute approximate surface area is 142 Å². The molecule has 0 saturated heterocycles. The van der Waals surface area contributed by atoms with Crippen LogP contribution in [0.25, 0.3) is 11.1 Å². The van der Waals surface area contributed by atoms with E-state index in [1.165, 1.54) is 0 Å². The van der Waals surface area contributed by atoms with Crippen molar-refractivity contribution in [3.63, 3.8) is 0 Å². The summed E-state index contributed by atoms with van der Waals surface area (Å²) >= 11 is 0. The van der Waals surface area contributed by atoms with Crippen LogP contribution in [0.1, 0.15) is 36.6 Å². The molecule has 2 aromatic carbocycles. The van der Waals surface area contributed by atoms with Gasteiger partial charge < -0.3 is 10.2 Å². The molecule has 2 N–H and O–H groups in total. The van der Waals surface area contributed by atoms with Crippen molar-refractivity contribution in [1.29, 1.82) is 0 Å². The third-order valence-corrected chi connectivity index (χ3v) is 3.86. The zero-order valence-corrected chi connectivity index (χ0v) is 12.5. The highest BCUT2D eigenvalue weighted by Crippen LogP contribution is 2.47. The van der Waals surface area contributed by atoms with Crippen molar-refractivity contribution in [2.24, 2.45) is 0 Å². The molecule has 1 aliphatic rings. The molecule has 0 radical (unpaired) electrons. The van der Waals surface area contributed by atoms with Gasteiger partial charge in [-0.25, -0.2) is 9.59 Å². The van der Waals surface area contributed by atoms with Crippen LogP contribution in [0.3, 0.4) is 0 Å². The highest BCUT2D eigenvalue weighted by molar-refractivity contribution is 6.25. The minimum atomic E-state index is -1.53. The van der Waals surface area contributed by atoms with Gasteiger partial charge in [0.05, 0.1) is 32.1 Å². The average molecular weight is 358 g/mol. The average Bonchev–Trinajstić information content (AvgIpc) is 2.85. The first-order valence-corrected chi connectivity index (χ1v) is 6.80. The lowest BCUT2D eigenvalue weighted by Crippen LogP contribution is -2.04. The van der Waals surface area contributed by atoms with E-state index in [-0.39, 0.29) is 0 Å². The number of carboxylic acid groups (broad SMARTS) is 2. The number of benzene rings is 2. The summed E-state index contributed by atoms with van der Waals surface area (Å²) in [6.45, 7) is 0. The molecular formula is C15H6N2O9. The van der Waals surface area contributed by atoms with Gasteiger partial charge in [0.1, 0.15) is 0 Å². The maximum Gasteiger partial charge on any atom is 0.335 e. The number of hydrogen-bond acceptors (Lipinski definition) is 7. The van der Waals surface area contributed by atoms with E-state index < -0.39 is 72.3 Å². The lowest BCUT2D eigenvalue weighted by atomic mass is 9.98. The molecule has 0 fully saturated rings. The monoisotopic (exact) mass is 358 g/mol. The SMILES string of the molecule is O=C(O)c1cc2c(c([N+](=O)[O-])c1)-c1c(cc(C(=O)O)cc1[N+](=O)[O-])C2=O. The summed E-state index contributed by atoms with van der Waals surface area (Å²) < 4.78 is 0. The van der Waals surface area contributed by atoms with Crippen molar-refractivity contribution in [2.75, 3.05) is 0 Å². The molecule has 26 heavy (non-hydrogen) atoms. The number of fused-ring (bicyclic) bond motifs is 3. The maximum atomic E-state index is 12.6. The number of nitrogens with zero attached hydrogens (tertiary/aromatic N) is 2. The van der Waals surface area contributed by atoms with Crippen LogP contribution in [0.4, 0.5) is 11.4 Å². The van der Waals surface area contributed by atoms with Crippen molar-refractivity contribution in [2.45, 2.75) is 0 Å². The summed E-state index contributed by atoms with van der Waals surface area (Å²) in [7, 11) is 0. The van der Waals surface area contributed by atoms with Crippen LogP contribution in [0, 0.1) is 20.2 Å². The minimum absolute atomic E-state index is 0.399. The molecule has 0 spiro atoms. The van der Waals surface area contributed by atoms with Gasteiger partial charge in [-0.3, -0.25) is 25.0 Å². The predicted molar refractivity (Wildman–Crippen MR) is 82.5 cm³/mol. The Balaban J connectivity index is 2.48. The van der Waals surface area contributed by atoms with Crippen LogP contribution in [0.15, 0.2) is 24.3 Å². The van der Waals surface area contributed by atoms with Crippen LogP contribution in [0.2, 0.25) is 0 Å². The Morgan fingerprint density at radius 3 is 1.38 bits per heavy atom. The van der Waals surface area contributed by atoms with E-state index in [1.54, 1.807) is 0 Å². The summed E-state index contributed by atoms with van der Waals surface area (Å²) in [6.07, 6.45) is 0. The van der Waals surface area contributed by atoms with Crippen molar-refractivity contribution in [3.8, 4) is 11.1 Å². The quantitative estimate of drug-likeness (QED) is 0.521. The molecular weight excluding hydrogens is 352 g/mol. The van der Waals surface area contributed by atoms with E-state index in [4.69, 9.17) is 10.2 Å². The zero-order chi connectivity index (χ0) is 19.3. The van der Waals surface area contributed by atoms with Gasteiger partial charge in [-0.1, -0.05) is 0 Å². The fourth-order valence-corrected chi connectivity index (χ4v) is 2.82. The van der Waals surface area contributed by atoms with E-state index in [1.807, 2.05) is 0 Å². The molecule has 0 unspecified atom stereocenters. The van der Waals surface area contributed by atoms with Crippen LogP contribution in [-0.4, -0.2) is 37.8 Å². The first-order valence-electron chi connectivity index (χ1n) is 6.80. The highest BCUT2D eigenvalue weighted by Gasteiger charge is 2.40. The number of rotatable bonds is 4. The number of nitro groups is 2. The second kappa shape index (κ2) is 5.44. The molecule has 0 aliphatic heterocycles. The fraction of sp³-hybridized carbons (Fsp3) is 0. The highest BCUT2D eigenvalue weighted by atomic mass is 16.6. The maximum absolute atomic E-state index is 12.6. The Hall–Kier alpha value is -4.15. The van der Waals surface area contributed by atoms with E-state index >= 15 is 0 Å². The number of aromatic carboxylic acids is 2. The van der Waals surface area contributed by atoms with E-state index in [2.05, 4.69) is 0 Å². The second-order valence-electron chi connectivity index (χ2n) is 5.29.